The van der Waals surface area contributed by atoms with Crippen LogP contribution in [0.1, 0.15) is 42.2 Å². The van der Waals surface area contributed by atoms with E-state index in [1.165, 1.54) is 30.4 Å². The molecule has 1 aliphatic heterocycles. The summed E-state index contributed by atoms with van der Waals surface area (Å²) in [5.41, 5.74) is 8.75. The number of ether oxygens (including phenoxy) is 1. The van der Waals surface area contributed by atoms with Crippen LogP contribution in [-0.2, 0) is 0 Å². The van der Waals surface area contributed by atoms with E-state index in [-0.39, 0.29) is 0 Å². The van der Waals surface area contributed by atoms with E-state index in [0.29, 0.717) is 5.92 Å². The molecule has 2 unspecified atom stereocenters. The van der Waals surface area contributed by atoms with Crippen LogP contribution in [0.5, 0.6) is 5.75 Å². The van der Waals surface area contributed by atoms with Crippen molar-refractivity contribution in [1.29, 1.82) is 0 Å². The van der Waals surface area contributed by atoms with E-state index in [2.05, 4.69) is 18.2 Å². The minimum absolute atomic E-state index is 0.554. The Balaban J connectivity index is 2.13. The molecule has 2 aliphatic rings. The fourth-order valence-electron chi connectivity index (χ4n) is 3.03. The molecule has 3 rings (SSSR count). The maximum atomic E-state index is 5.83. The van der Waals surface area contributed by atoms with Crippen LogP contribution in [0.15, 0.2) is 18.2 Å². The third kappa shape index (κ3) is 1.36. The molecule has 0 amide bonds. The first-order valence-corrected chi connectivity index (χ1v) is 5.86. The lowest BCUT2D eigenvalue weighted by molar-refractivity contribution is 0.252. The minimum atomic E-state index is 0.554. The van der Waals surface area contributed by atoms with Crippen molar-refractivity contribution in [3.8, 4) is 5.75 Å². The van der Waals surface area contributed by atoms with Gasteiger partial charge in [0.1, 0.15) is 5.75 Å². The van der Waals surface area contributed by atoms with Crippen LogP contribution in [-0.4, -0.2) is 13.2 Å². The quantitative estimate of drug-likeness (QED) is 0.760. The van der Waals surface area contributed by atoms with Crippen molar-refractivity contribution < 1.29 is 4.74 Å². The molecule has 2 heteroatoms. The van der Waals surface area contributed by atoms with E-state index < -0.39 is 0 Å². The molecule has 0 spiro atoms. The van der Waals surface area contributed by atoms with Gasteiger partial charge in [0.15, 0.2) is 0 Å². The predicted molar refractivity (Wildman–Crippen MR) is 60.3 cm³/mol. The average molecular weight is 203 g/mol. The first-order valence-electron chi connectivity index (χ1n) is 5.86. The SMILES string of the molecule is NCC1CCC2CCOc3cccc1c32. The fourth-order valence-corrected chi connectivity index (χ4v) is 3.03. The number of rotatable bonds is 1. The molecule has 1 heterocycles. The summed E-state index contributed by atoms with van der Waals surface area (Å²) in [6.45, 7) is 1.65. The summed E-state index contributed by atoms with van der Waals surface area (Å²) < 4.78 is 5.72. The molecule has 0 fully saturated rings. The smallest absolute Gasteiger partial charge is 0.123 e. The van der Waals surface area contributed by atoms with Crippen LogP contribution >= 0.6 is 0 Å². The first-order chi connectivity index (χ1) is 7.40. The van der Waals surface area contributed by atoms with Gasteiger partial charge < -0.3 is 10.5 Å². The summed E-state index contributed by atoms with van der Waals surface area (Å²) in [7, 11) is 0. The van der Waals surface area contributed by atoms with Crippen molar-refractivity contribution in [1.82, 2.24) is 0 Å². The minimum Gasteiger partial charge on any atom is -0.493 e. The maximum Gasteiger partial charge on any atom is 0.123 e. The van der Waals surface area contributed by atoms with Crippen LogP contribution in [0.25, 0.3) is 0 Å². The van der Waals surface area contributed by atoms with Crippen molar-refractivity contribution in [3.63, 3.8) is 0 Å². The Kier molecular flexibility index (Phi) is 2.17. The molecule has 2 nitrogen and oxygen atoms in total. The Morgan fingerprint density at radius 3 is 3.07 bits per heavy atom. The molecule has 80 valence electrons. The molecule has 2 N–H and O–H groups in total. The molecular weight excluding hydrogens is 186 g/mol. The molecule has 0 saturated heterocycles. The predicted octanol–water partition coefficient (Wildman–Crippen LogP) is 2.39. The standard InChI is InChI=1S/C13H17NO/c14-8-10-5-4-9-6-7-15-12-3-1-2-11(10)13(9)12/h1-3,9-10H,4-8,14H2. The van der Waals surface area contributed by atoms with Crippen molar-refractivity contribution in [2.45, 2.75) is 31.1 Å². The highest BCUT2D eigenvalue weighted by molar-refractivity contribution is 5.47. The second kappa shape index (κ2) is 3.53. The molecule has 0 saturated carbocycles. The van der Waals surface area contributed by atoms with Crippen LogP contribution < -0.4 is 10.5 Å². The molecule has 0 aromatic heterocycles. The lowest BCUT2D eigenvalue weighted by Crippen LogP contribution is -2.25. The van der Waals surface area contributed by atoms with E-state index in [4.69, 9.17) is 10.5 Å². The lowest BCUT2D eigenvalue weighted by atomic mass is 9.74. The Morgan fingerprint density at radius 2 is 2.20 bits per heavy atom. The zero-order valence-corrected chi connectivity index (χ0v) is 8.91. The van der Waals surface area contributed by atoms with Crippen LogP contribution in [0.2, 0.25) is 0 Å². The van der Waals surface area contributed by atoms with E-state index in [1.54, 1.807) is 0 Å². The van der Waals surface area contributed by atoms with Gasteiger partial charge in [0.2, 0.25) is 0 Å². The Bertz CT molecular complexity index is 375. The molecule has 0 bridgehead atoms. The maximum absolute atomic E-state index is 5.83. The Morgan fingerprint density at radius 1 is 1.27 bits per heavy atom. The van der Waals surface area contributed by atoms with E-state index >= 15 is 0 Å². The van der Waals surface area contributed by atoms with Gasteiger partial charge in [0.25, 0.3) is 0 Å². The Labute approximate surface area is 90.4 Å². The molecule has 1 aliphatic carbocycles. The van der Waals surface area contributed by atoms with Gasteiger partial charge in [-0.3, -0.25) is 0 Å². The average Bonchev–Trinajstić information content (AvgIpc) is 2.30. The van der Waals surface area contributed by atoms with Gasteiger partial charge in [-0.1, -0.05) is 12.1 Å². The molecule has 15 heavy (non-hydrogen) atoms. The summed E-state index contributed by atoms with van der Waals surface area (Å²) in [6, 6.07) is 6.44. The van der Waals surface area contributed by atoms with Gasteiger partial charge in [-0.2, -0.15) is 0 Å². The number of hydrogen-bond donors (Lipinski definition) is 1. The highest BCUT2D eigenvalue weighted by Gasteiger charge is 2.31. The van der Waals surface area contributed by atoms with Crippen LogP contribution in [0, 0.1) is 0 Å². The fraction of sp³-hybridized carbons (Fsp3) is 0.538. The molecule has 1 aromatic rings. The highest BCUT2D eigenvalue weighted by atomic mass is 16.5. The number of hydrogen-bond acceptors (Lipinski definition) is 2. The zero-order valence-electron chi connectivity index (χ0n) is 8.91. The largest absolute Gasteiger partial charge is 0.493 e. The van der Waals surface area contributed by atoms with Gasteiger partial charge in [0.05, 0.1) is 6.61 Å². The van der Waals surface area contributed by atoms with Gasteiger partial charge in [-0.15, -0.1) is 0 Å². The lowest BCUT2D eigenvalue weighted by Gasteiger charge is -2.35. The normalized spacial score (nSPS) is 28.1. The van der Waals surface area contributed by atoms with Gasteiger partial charge in [-0.05, 0) is 49.3 Å². The second-order valence-electron chi connectivity index (χ2n) is 4.60. The Hall–Kier alpha value is -1.02. The monoisotopic (exact) mass is 203 g/mol. The van der Waals surface area contributed by atoms with Crippen molar-refractivity contribution in [2.24, 2.45) is 5.73 Å². The third-order valence-electron chi connectivity index (χ3n) is 3.82. The zero-order chi connectivity index (χ0) is 10.3. The van der Waals surface area contributed by atoms with Crippen molar-refractivity contribution >= 4 is 0 Å². The first kappa shape index (κ1) is 9.22. The number of nitrogens with two attached hydrogens (primary N) is 1. The highest BCUT2D eigenvalue weighted by Crippen LogP contribution is 2.46. The van der Waals surface area contributed by atoms with Gasteiger partial charge in [0, 0.05) is 5.56 Å². The molecular formula is C13H17NO. The second-order valence-corrected chi connectivity index (χ2v) is 4.60. The molecule has 0 radical (unpaired) electrons. The summed E-state index contributed by atoms with van der Waals surface area (Å²) in [5, 5.41) is 0. The summed E-state index contributed by atoms with van der Waals surface area (Å²) in [6.07, 6.45) is 3.72. The number of benzene rings is 1. The van der Waals surface area contributed by atoms with Crippen LogP contribution in [0.4, 0.5) is 0 Å². The summed E-state index contributed by atoms with van der Waals surface area (Å²) in [4.78, 5) is 0. The van der Waals surface area contributed by atoms with E-state index in [1.807, 2.05) is 0 Å². The molecule has 2 atom stereocenters. The van der Waals surface area contributed by atoms with Crippen molar-refractivity contribution in [3.05, 3.63) is 29.3 Å². The summed E-state index contributed by atoms with van der Waals surface area (Å²) in [5.74, 6) is 2.40. The van der Waals surface area contributed by atoms with E-state index in [9.17, 15) is 0 Å². The third-order valence-corrected chi connectivity index (χ3v) is 3.82. The summed E-state index contributed by atoms with van der Waals surface area (Å²) >= 11 is 0. The van der Waals surface area contributed by atoms with Gasteiger partial charge in [-0.25, -0.2) is 0 Å². The van der Waals surface area contributed by atoms with Crippen LogP contribution in [0.3, 0.4) is 0 Å². The van der Waals surface area contributed by atoms with E-state index in [0.717, 1.165) is 24.8 Å². The van der Waals surface area contributed by atoms with Gasteiger partial charge >= 0.3 is 0 Å². The molecule has 1 aromatic carbocycles. The van der Waals surface area contributed by atoms with Crippen molar-refractivity contribution in [2.75, 3.05) is 13.2 Å². The topological polar surface area (TPSA) is 35.2 Å².